The van der Waals surface area contributed by atoms with Gasteiger partial charge in [-0.15, -0.1) is 10.2 Å². The molecule has 2 aromatic heterocycles. The van der Waals surface area contributed by atoms with Crippen LogP contribution in [-0.2, 0) is 0 Å². The lowest BCUT2D eigenvalue weighted by molar-refractivity contribution is 0.420. The van der Waals surface area contributed by atoms with Crippen LogP contribution < -0.4 is 0 Å². The van der Waals surface area contributed by atoms with Gasteiger partial charge in [0.25, 0.3) is 0 Å². The van der Waals surface area contributed by atoms with Crippen LogP contribution in [0.5, 0.6) is 0 Å². The number of hydrogen-bond acceptors (Lipinski definition) is 6. The van der Waals surface area contributed by atoms with E-state index >= 15 is 0 Å². The number of aliphatic hydroxyl groups excluding tert-OH is 1. The predicted molar refractivity (Wildman–Crippen MR) is 108 cm³/mol. The van der Waals surface area contributed by atoms with Crippen LogP contribution in [0, 0.1) is 18.3 Å². The van der Waals surface area contributed by atoms with Crippen molar-refractivity contribution in [3.8, 4) is 11.8 Å². The molecule has 0 fully saturated rings. The van der Waals surface area contributed by atoms with E-state index < -0.39 is 0 Å². The summed E-state index contributed by atoms with van der Waals surface area (Å²) < 4.78 is 1.91. The van der Waals surface area contributed by atoms with E-state index in [4.69, 9.17) is 0 Å². The number of nitrogens with one attached hydrogen (secondary N) is 1. The lowest BCUT2D eigenvalue weighted by Gasteiger charge is -2.08. The van der Waals surface area contributed by atoms with Crippen molar-refractivity contribution < 1.29 is 5.11 Å². The molecule has 28 heavy (non-hydrogen) atoms. The van der Waals surface area contributed by atoms with Crippen LogP contribution in [0.1, 0.15) is 11.6 Å². The molecular weight excluding hydrogens is 372 g/mol. The highest BCUT2D eigenvalue weighted by atomic mass is 32.2. The average Bonchev–Trinajstić information content (AvgIpc) is 3.30. The number of aromatic amines is 1. The molecule has 2 N–H and O–H groups in total. The lowest BCUT2D eigenvalue weighted by atomic mass is 10.2. The Morgan fingerprint density at radius 1 is 1.14 bits per heavy atom. The van der Waals surface area contributed by atoms with Crippen molar-refractivity contribution in [1.29, 1.82) is 5.26 Å². The molecule has 4 aromatic rings. The normalized spacial score (nSPS) is 12.0. The molecule has 0 saturated carbocycles. The summed E-state index contributed by atoms with van der Waals surface area (Å²) in [5, 5.41) is 29.0. The first kappa shape index (κ1) is 17.8. The zero-order valence-electron chi connectivity index (χ0n) is 15.0. The zero-order chi connectivity index (χ0) is 19.5. The molecule has 7 nitrogen and oxygen atoms in total. The first-order chi connectivity index (χ1) is 13.7. The molecular formula is C20H16N6OS. The van der Waals surface area contributed by atoms with Crippen molar-refractivity contribution in [1.82, 2.24) is 24.7 Å². The summed E-state index contributed by atoms with van der Waals surface area (Å²) in [5.41, 5.74) is 2.61. The number of nitrogens with zero attached hydrogens (tertiary/aromatic N) is 5. The molecule has 0 atom stereocenters. The fourth-order valence-corrected chi connectivity index (χ4v) is 3.72. The lowest BCUT2D eigenvalue weighted by Crippen LogP contribution is -2.00. The number of aliphatic hydroxyl groups is 1. The maximum Gasteiger partial charge on any atom is 0.196 e. The number of thioether (sulfide) groups is 1. The Bertz CT molecular complexity index is 1170. The molecule has 0 saturated heterocycles. The Labute approximate surface area is 165 Å². The Balaban J connectivity index is 1.61. The number of benzene rings is 2. The summed E-state index contributed by atoms with van der Waals surface area (Å²) >= 11 is 1.30. The summed E-state index contributed by atoms with van der Waals surface area (Å²) in [5.74, 6) is 1.20. The van der Waals surface area contributed by atoms with Gasteiger partial charge in [-0.3, -0.25) is 4.57 Å². The number of aryl methyl sites for hydroxylation is 1. The number of fused-ring (bicyclic) bond motifs is 1. The van der Waals surface area contributed by atoms with Gasteiger partial charge in [-0.1, -0.05) is 42.1 Å². The minimum absolute atomic E-state index is 0.0631. The third kappa shape index (κ3) is 3.35. The van der Waals surface area contributed by atoms with Gasteiger partial charge < -0.3 is 10.1 Å². The molecule has 8 heteroatoms. The molecule has 4 rings (SSSR count). The van der Waals surface area contributed by atoms with Crippen molar-refractivity contribution in [2.24, 2.45) is 0 Å². The van der Waals surface area contributed by atoms with Gasteiger partial charge in [-0.25, -0.2) is 4.98 Å². The van der Waals surface area contributed by atoms with Crippen LogP contribution in [-0.4, -0.2) is 35.6 Å². The molecule has 2 aromatic carbocycles. The van der Waals surface area contributed by atoms with Crippen LogP contribution >= 0.6 is 11.8 Å². The first-order valence-corrected chi connectivity index (χ1v) is 9.53. The Morgan fingerprint density at radius 3 is 2.64 bits per heavy atom. The summed E-state index contributed by atoms with van der Waals surface area (Å²) in [6.07, 6.45) is 0. The molecule has 0 radical (unpaired) electrons. The fraction of sp³-hybridized carbons (Fsp3) is 0.100. The Hall–Kier alpha value is -3.57. The molecule has 0 aliphatic heterocycles. The molecule has 2 heterocycles. The standard InChI is InChI=1S/C20H16N6OS/c1-13-24-25-20(26(13)14-7-3-2-4-8-14)28-12-18(27)15(11-21)19-22-16-9-5-6-10-17(16)23-19/h2-10,27H,12H2,1H3,(H,22,23)/b18-15-. The molecule has 0 unspecified atom stereocenters. The quantitative estimate of drug-likeness (QED) is 0.304. The van der Waals surface area contributed by atoms with E-state index in [0.29, 0.717) is 11.0 Å². The minimum atomic E-state index is -0.0631. The molecule has 0 bridgehead atoms. The fourth-order valence-electron chi connectivity index (χ4n) is 2.84. The average molecular weight is 388 g/mol. The highest BCUT2D eigenvalue weighted by Gasteiger charge is 2.16. The first-order valence-electron chi connectivity index (χ1n) is 8.55. The Kier molecular flexibility index (Phi) is 4.83. The number of nitriles is 1. The van der Waals surface area contributed by atoms with Crippen LogP contribution in [0.2, 0.25) is 0 Å². The largest absolute Gasteiger partial charge is 0.510 e. The number of H-pyrrole nitrogens is 1. The maximum absolute atomic E-state index is 10.5. The van der Waals surface area contributed by atoms with Crippen molar-refractivity contribution in [3.63, 3.8) is 0 Å². The molecule has 138 valence electrons. The number of hydrogen-bond donors (Lipinski definition) is 2. The number of aromatic nitrogens is 5. The highest BCUT2D eigenvalue weighted by molar-refractivity contribution is 7.99. The van der Waals surface area contributed by atoms with Crippen LogP contribution in [0.3, 0.4) is 0 Å². The third-order valence-corrected chi connectivity index (χ3v) is 5.11. The van der Waals surface area contributed by atoms with Crippen molar-refractivity contribution in [2.75, 3.05) is 5.75 Å². The van der Waals surface area contributed by atoms with Gasteiger partial charge in [-0.05, 0) is 31.2 Å². The molecule has 0 spiro atoms. The van der Waals surface area contributed by atoms with Gasteiger partial charge in [0.1, 0.15) is 23.2 Å². The second-order valence-electron chi connectivity index (χ2n) is 6.03. The second-order valence-corrected chi connectivity index (χ2v) is 6.97. The van der Waals surface area contributed by atoms with Crippen molar-refractivity contribution in [2.45, 2.75) is 12.1 Å². The number of rotatable bonds is 5. The summed E-state index contributed by atoms with van der Waals surface area (Å²) in [7, 11) is 0. The summed E-state index contributed by atoms with van der Waals surface area (Å²) in [6.45, 7) is 1.87. The van der Waals surface area contributed by atoms with E-state index in [1.165, 1.54) is 11.8 Å². The third-order valence-electron chi connectivity index (χ3n) is 4.17. The van der Waals surface area contributed by atoms with Gasteiger partial charge in [0.2, 0.25) is 0 Å². The topological polar surface area (TPSA) is 103 Å². The van der Waals surface area contributed by atoms with E-state index in [1.54, 1.807) is 0 Å². The summed E-state index contributed by atoms with van der Waals surface area (Å²) in [4.78, 5) is 7.46. The molecule has 0 amide bonds. The number of imidazole rings is 1. The zero-order valence-corrected chi connectivity index (χ0v) is 15.8. The second kappa shape index (κ2) is 7.58. The highest BCUT2D eigenvalue weighted by Crippen LogP contribution is 2.26. The van der Waals surface area contributed by atoms with Crippen LogP contribution in [0.15, 0.2) is 65.5 Å². The predicted octanol–water partition coefficient (Wildman–Crippen LogP) is 4.04. The van der Waals surface area contributed by atoms with Crippen LogP contribution in [0.4, 0.5) is 0 Å². The number of allylic oxidation sites excluding steroid dienone is 1. The van der Waals surface area contributed by atoms with Crippen molar-refractivity contribution >= 4 is 28.4 Å². The van der Waals surface area contributed by atoms with Gasteiger partial charge in [0.05, 0.1) is 16.8 Å². The van der Waals surface area contributed by atoms with Gasteiger partial charge in [0, 0.05) is 5.69 Å². The SMILES string of the molecule is Cc1nnc(SC/C(O)=C(\C#N)c2nc3ccccc3[nH]2)n1-c1ccccc1. The van der Waals surface area contributed by atoms with E-state index in [2.05, 4.69) is 20.2 Å². The summed E-state index contributed by atoms with van der Waals surface area (Å²) in [6, 6.07) is 19.3. The minimum Gasteiger partial charge on any atom is -0.510 e. The maximum atomic E-state index is 10.5. The number of para-hydroxylation sites is 3. The van der Waals surface area contributed by atoms with E-state index in [1.807, 2.05) is 72.2 Å². The van der Waals surface area contributed by atoms with Gasteiger partial charge in [0.15, 0.2) is 11.0 Å². The monoisotopic (exact) mass is 388 g/mol. The van der Waals surface area contributed by atoms with E-state index in [0.717, 1.165) is 22.5 Å². The van der Waals surface area contributed by atoms with E-state index in [-0.39, 0.29) is 17.1 Å². The smallest absolute Gasteiger partial charge is 0.196 e. The molecule has 0 aliphatic rings. The van der Waals surface area contributed by atoms with Gasteiger partial charge >= 0.3 is 0 Å². The van der Waals surface area contributed by atoms with Crippen molar-refractivity contribution in [3.05, 3.63) is 72.0 Å². The van der Waals surface area contributed by atoms with Crippen LogP contribution in [0.25, 0.3) is 22.3 Å². The van der Waals surface area contributed by atoms with E-state index in [9.17, 15) is 10.4 Å². The Morgan fingerprint density at radius 2 is 1.89 bits per heavy atom. The molecule has 0 aliphatic carbocycles. The van der Waals surface area contributed by atoms with Gasteiger partial charge in [-0.2, -0.15) is 5.26 Å².